The van der Waals surface area contributed by atoms with Crippen LogP contribution in [0.5, 0.6) is 11.5 Å². The van der Waals surface area contributed by atoms with Gasteiger partial charge in [-0.2, -0.15) is 0 Å². The molecule has 6 heteroatoms. The smallest absolute Gasteiger partial charge is 0.308 e. The summed E-state index contributed by atoms with van der Waals surface area (Å²) in [6, 6.07) is 5.15. The number of ether oxygens (including phenoxy) is 2. The molecule has 1 aliphatic heterocycles. The predicted molar refractivity (Wildman–Crippen MR) is 92.0 cm³/mol. The minimum atomic E-state index is -0.801. The van der Waals surface area contributed by atoms with E-state index in [4.69, 9.17) is 9.47 Å². The molecule has 1 amide bonds. The number of carbonyl (C=O) groups excluding carboxylic acids is 1. The van der Waals surface area contributed by atoms with Crippen LogP contribution >= 0.6 is 0 Å². The van der Waals surface area contributed by atoms with E-state index in [0.717, 1.165) is 19.3 Å². The minimum absolute atomic E-state index is 0.0692. The monoisotopic (exact) mass is 347 g/mol. The molecule has 3 rings (SSSR count). The molecule has 136 valence electrons. The van der Waals surface area contributed by atoms with Gasteiger partial charge in [-0.15, -0.1) is 0 Å². The first-order valence-corrected chi connectivity index (χ1v) is 8.88. The van der Waals surface area contributed by atoms with Crippen molar-refractivity contribution in [2.45, 2.75) is 26.2 Å². The molecule has 0 bridgehead atoms. The van der Waals surface area contributed by atoms with Crippen molar-refractivity contribution in [3.05, 3.63) is 23.8 Å². The highest BCUT2D eigenvalue weighted by Gasteiger charge is 2.47. The van der Waals surface area contributed by atoms with E-state index in [1.54, 1.807) is 30.2 Å². The zero-order valence-electron chi connectivity index (χ0n) is 14.7. The fourth-order valence-electron chi connectivity index (χ4n) is 3.57. The molecule has 2 fully saturated rings. The van der Waals surface area contributed by atoms with E-state index in [-0.39, 0.29) is 18.4 Å². The van der Waals surface area contributed by atoms with Crippen molar-refractivity contribution < 1.29 is 24.2 Å². The molecule has 0 aromatic heterocycles. The van der Waals surface area contributed by atoms with Crippen LogP contribution in [0.4, 0.5) is 0 Å². The van der Waals surface area contributed by atoms with Crippen LogP contribution in [0.25, 0.3) is 0 Å². The summed E-state index contributed by atoms with van der Waals surface area (Å²) in [6.45, 7) is 3.30. The summed E-state index contributed by atoms with van der Waals surface area (Å²) >= 11 is 0. The number of rotatable bonds is 7. The zero-order chi connectivity index (χ0) is 18.0. The number of benzene rings is 1. The second-order valence-corrected chi connectivity index (χ2v) is 6.87. The van der Waals surface area contributed by atoms with Crippen molar-refractivity contribution in [2.75, 3.05) is 26.8 Å². The lowest BCUT2D eigenvalue weighted by atomic mass is 9.92. The number of carbonyl (C=O) groups is 2. The molecule has 1 aliphatic carbocycles. The number of carboxylic acids is 1. The summed E-state index contributed by atoms with van der Waals surface area (Å²) in [5.74, 6) is 0.212. The van der Waals surface area contributed by atoms with Crippen molar-refractivity contribution >= 4 is 11.9 Å². The number of aliphatic carboxylic acids is 1. The van der Waals surface area contributed by atoms with E-state index >= 15 is 0 Å². The van der Waals surface area contributed by atoms with Crippen LogP contribution in [0.15, 0.2) is 18.2 Å². The standard InChI is InChI=1S/C19H25NO5/c1-3-8-25-17-9-13(24-2)6-7-14(17)18(21)20-10-15(12-4-5-12)16(11-20)19(22)23/h6-7,9,12,15-16H,3-5,8,10-11H2,1-2H3,(H,22,23)/t15-,16+/m1/s1. The first kappa shape index (κ1) is 17.6. The van der Waals surface area contributed by atoms with Crippen LogP contribution in [0.3, 0.4) is 0 Å². The summed E-state index contributed by atoms with van der Waals surface area (Å²) in [5, 5.41) is 9.49. The van der Waals surface area contributed by atoms with Gasteiger partial charge in [0.05, 0.1) is 25.2 Å². The first-order valence-electron chi connectivity index (χ1n) is 8.88. The van der Waals surface area contributed by atoms with Gasteiger partial charge in [-0.05, 0) is 43.2 Å². The molecule has 1 saturated heterocycles. The largest absolute Gasteiger partial charge is 0.497 e. The van der Waals surface area contributed by atoms with Gasteiger partial charge in [0.15, 0.2) is 0 Å². The number of nitrogens with zero attached hydrogens (tertiary/aromatic N) is 1. The van der Waals surface area contributed by atoms with Crippen molar-refractivity contribution in [3.63, 3.8) is 0 Å². The highest BCUT2D eigenvalue weighted by molar-refractivity contribution is 5.97. The van der Waals surface area contributed by atoms with Crippen molar-refractivity contribution in [3.8, 4) is 11.5 Å². The highest BCUT2D eigenvalue weighted by atomic mass is 16.5. The third kappa shape index (κ3) is 3.72. The average Bonchev–Trinajstić information content (AvgIpc) is 3.36. The molecule has 1 heterocycles. The summed E-state index contributed by atoms with van der Waals surface area (Å²) in [6.07, 6.45) is 2.98. The van der Waals surface area contributed by atoms with Crippen LogP contribution in [0.1, 0.15) is 36.5 Å². The molecule has 0 radical (unpaired) electrons. The van der Waals surface area contributed by atoms with Gasteiger partial charge in [-0.1, -0.05) is 6.92 Å². The topological polar surface area (TPSA) is 76.1 Å². The molecule has 2 aliphatic rings. The first-order chi connectivity index (χ1) is 12.0. The van der Waals surface area contributed by atoms with Gasteiger partial charge < -0.3 is 19.5 Å². The van der Waals surface area contributed by atoms with Crippen molar-refractivity contribution in [1.82, 2.24) is 4.90 Å². The van der Waals surface area contributed by atoms with Gasteiger partial charge in [-0.3, -0.25) is 9.59 Å². The van der Waals surface area contributed by atoms with Crippen LogP contribution in [0.2, 0.25) is 0 Å². The van der Waals surface area contributed by atoms with Crippen molar-refractivity contribution in [1.29, 1.82) is 0 Å². The van der Waals surface area contributed by atoms with Gasteiger partial charge in [0.25, 0.3) is 5.91 Å². The number of methoxy groups -OCH3 is 1. The molecule has 1 saturated carbocycles. The fourth-order valence-corrected chi connectivity index (χ4v) is 3.57. The lowest BCUT2D eigenvalue weighted by Crippen LogP contribution is -2.30. The minimum Gasteiger partial charge on any atom is -0.497 e. The van der Waals surface area contributed by atoms with Crippen molar-refractivity contribution in [2.24, 2.45) is 17.8 Å². The van der Waals surface area contributed by atoms with Crippen LogP contribution in [0, 0.1) is 17.8 Å². The number of carboxylic acid groups (broad SMARTS) is 1. The Kier molecular flexibility index (Phi) is 5.16. The molecule has 1 N–H and O–H groups in total. The Morgan fingerprint density at radius 3 is 2.64 bits per heavy atom. The van der Waals surface area contributed by atoms with E-state index in [2.05, 4.69) is 0 Å². The Morgan fingerprint density at radius 2 is 2.04 bits per heavy atom. The van der Waals surface area contributed by atoms with Gasteiger partial charge in [0.2, 0.25) is 0 Å². The van der Waals surface area contributed by atoms with Crippen LogP contribution in [-0.4, -0.2) is 48.7 Å². The third-order valence-electron chi connectivity index (χ3n) is 5.08. The van der Waals surface area contributed by atoms with Gasteiger partial charge >= 0.3 is 5.97 Å². The lowest BCUT2D eigenvalue weighted by Gasteiger charge is -2.19. The summed E-state index contributed by atoms with van der Waals surface area (Å²) < 4.78 is 10.9. The third-order valence-corrected chi connectivity index (χ3v) is 5.08. The second kappa shape index (κ2) is 7.33. The van der Waals surface area contributed by atoms with E-state index in [0.29, 0.717) is 36.1 Å². The number of hydrogen-bond acceptors (Lipinski definition) is 4. The summed E-state index contributed by atoms with van der Waals surface area (Å²) in [4.78, 5) is 26.2. The van der Waals surface area contributed by atoms with Gasteiger partial charge in [0.1, 0.15) is 11.5 Å². The van der Waals surface area contributed by atoms with E-state index in [1.165, 1.54) is 0 Å². The van der Waals surface area contributed by atoms with E-state index in [9.17, 15) is 14.7 Å². The van der Waals surface area contributed by atoms with E-state index in [1.807, 2.05) is 6.92 Å². The highest BCUT2D eigenvalue weighted by Crippen LogP contribution is 2.44. The molecule has 2 atom stereocenters. The summed E-state index contributed by atoms with van der Waals surface area (Å²) in [7, 11) is 1.57. The second-order valence-electron chi connectivity index (χ2n) is 6.87. The molecule has 25 heavy (non-hydrogen) atoms. The molecule has 0 unspecified atom stereocenters. The lowest BCUT2D eigenvalue weighted by molar-refractivity contribution is -0.142. The van der Waals surface area contributed by atoms with Crippen LogP contribution in [-0.2, 0) is 4.79 Å². The predicted octanol–water partition coefficient (Wildman–Crippen LogP) is 2.67. The molecular weight excluding hydrogens is 322 g/mol. The van der Waals surface area contributed by atoms with Gasteiger partial charge in [0, 0.05) is 19.2 Å². The Hall–Kier alpha value is -2.24. The number of hydrogen-bond donors (Lipinski definition) is 1. The molecule has 1 aromatic rings. The average molecular weight is 347 g/mol. The maximum atomic E-state index is 13.0. The molecule has 6 nitrogen and oxygen atoms in total. The van der Waals surface area contributed by atoms with E-state index < -0.39 is 11.9 Å². The quantitative estimate of drug-likeness (QED) is 0.821. The SMILES string of the molecule is CCCOc1cc(OC)ccc1C(=O)N1C[C@H](C(=O)O)[C@@H](C2CC2)C1. The van der Waals surface area contributed by atoms with Crippen LogP contribution < -0.4 is 9.47 Å². The normalized spacial score (nSPS) is 22.7. The molecule has 1 aromatic carbocycles. The van der Waals surface area contributed by atoms with Gasteiger partial charge in [-0.25, -0.2) is 0 Å². The molecule has 0 spiro atoms. The maximum absolute atomic E-state index is 13.0. The maximum Gasteiger partial charge on any atom is 0.308 e. The fraction of sp³-hybridized carbons (Fsp3) is 0.579. The Bertz CT molecular complexity index is 655. The number of amides is 1. The summed E-state index contributed by atoms with van der Waals surface area (Å²) in [5.41, 5.74) is 0.467. The number of likely N-dealkylation sites (tertiary alicyclic amines) is 1. The molecular formula is C19H25NO5. The Morgan fingerprint density at radius 1 is 1.28 bits per heavy atom. The Labute approximate surface area is 147 Å². The Balaban J connectivity index is 1.81. The zero-order valence-corrected chi connectivity index (χ0v) is 14.7.